The molecule has 0 bridgehead atoms. The Kier molecular flexibility index (Phi) is 5.99. The second kappa shape index (κ2) is 8.38. The van der Waals surface area contributed by atoms with Gasteiger partial charge in [-0.05, 0) is 12.1 Å². The highest BCUT2D eigenvalue weighted by Crippen LogP contribution is 2.20. The molecule has 0 aliphatic heterocycles. The van der Waals surface area contributed by atoms with Gasteiger partial charge in [0.1, 0.15) is 0 Å². The quantitative estimate of drug-likeness (QED) is 0.478. The minimum atomic E-state index is -1.36. The van der Waals surface area contributed by atoms with Crippen LogP contribution >= 0.6 is 0 Å². The molecule has 2 aromatic rings. The topological polar surface area (TPSA) is 128 Å². The molecule has 0 aromatic heterocycles. The van der Waals surface area contributed by atoms with Gasteiger partial charge in [0.2, 0.25) is 6.10 Å². The maximum Gasteiger partial charge on any atom is 0.339 e. The van der Waals surface area contributed by atoms with Gasteiger partial charge in [-0.3, -0.25) is 20.2 Å². The van der Waals surface area contributed by atoms with Gasteiger partial charge in [0.25, 0.3) is 11.6 Å². The van der Waals surface area contributed by atoms with Crippen LogP contribution in [0.1, 0.15) is 22.0 Å². The number of nitro groups is 1. The lowest BCUT2D eigenvalue weighted by molar-refractivity contribution is -0.384. The molecule has 1 atom stereocenters. The number of urea groups is 1. The Morgan fingerprint density at radius 3 is 2.19 bits per heavy atom. The van der Waals surface area contributed by atoms with Crippen molar-refractivity contribution in [2.24, 2.45) is 0 Å². The number of rotatable bonds is 5. The summed E-state index contributed by atoms with van der Waals surface area (Å²) in [5.41, 5.74) is 0.215. The maximum absolute atomic E-state index is 12.3. The van der Waals surface area contributed by atoms with E-state index < -0.39 is 28.9 Å². The van der Waals surface area contributed by atoms with E-state index in [9.17, 15) is 24.5 Å². The number of nitrogens with one attached hydrogen (secondary N) is 2. The first-order chi connectivity index (χ1) is 12.4. The van der Waals surface area contributed by atoms with Gasteiger partial charge in [0.05, 0.1) is 10.5 Å². The molecule has 2 rings (SSSR count). The fourth-order valence-electron chi connectivity index (χ4n) is 2.04. The fourth-order valence-corrected chi connectivity index (χ4v) is 2.04. The molecule has 0 spiro atoms. The van der Waals surface area contributed by atoms with E-state index in [2.05, 4.69) is 10.6 Å². The molecule has 0 aliphatic carbocycles. The predicted octanol–water partition coefficient (Wildman–Crippen LogP) is 1.95. The van der Waals surface area contributed by atoms with Crippen molar-refractivity contribution in [2.45, 2.75) is 6.10 Å². The molecule has 134 valence electrons. The largest absolute Gasteiger partial charge is 0.444 e. The van der Waals surface area contributed by atoms with Crippen LogP contribution < -0.4 is 10.6 Å². The van der Waals surface area contributed by atoms with Crippen LogP contribution in [0.4, 0.5) is 10.5 Å². The number of non-ortho nitro benzene ring substituents is 1. The molecule has 9 heteroatoms. The van der Waals surface area contributed by atoms with Gasteiger partial charge in [-0.25, -0.2) is 9.59 Å². The summed E-state index contributed by atoms with van der Waals surface area (Å²) in [5.74, 6) is -1.69. The first-order valence-electron chi connectivity index (χ1n) is 7.45. The highest BCUT2D eigenvalue weighted by atomic mass is 16.6. The van der Waals surface area contributed by atoms with E-state index in [4.69, 9.17) is 4.74 Å². The number of imide groups is 1. The van der Waals surface area contributed by atoms with Crippen LogP contribution in [0.5, 0.6) is 0 Å². The Morgan fingerprint density at radius 2 is 1.65 bits per heavy atom. The van der Waals surface area contributed by atoms with Crippen molar-refractivity contribution in [2.75, 3.05) is 7.05 Å². The molecule has 2 aromatic carbocycles. The van der Waals surface area contributed by atoms with Crippen LogP contribution in [0, 0.1) is 10.1 Å². The molecule has 0 fully saturated rings. The third-order valence-corrected chi connectivity index (χ3v) is 3.34. The molecule has 0 saturated carbocycles. The minimum Gasteiger partial charge on any atom is -0.444 e. The number of amides is 3. The van der Waals surface area contributed by atoms with Crippen LogP contribution in [0.25, 0.3) is 0 Å². The molecule has 0 unspecified atom stereocenters. The molecule has 0 radical (unpaired) electrons. The summed E-state index contributed by atoms with van der Waals surface area (Å²) in [6.45, 7) is 0. The summed E-state index contributed by atoms with van der Waals surface area (Å²) in [7, 11) is 1.34. The van der Waals surface area contributed by atoms with Crippen molar-refractivity contribution < 1.29 is 24.0 Å². The zero-order chi connectivity index (χ0) is 19.1. The van der Waals surface area contributed by atoms with E-state index in [1.54, 1.807) is 30.3 Å². The smallest absolute Gasteiger partial charge is 0.339 e. The average Bonchev–Trinajstić information content (AvgIpc) is 2.66. The molecule has 3 amide bonds. The zero-order valence-corrected chi connectivity index (χ0v) is 13.7. The summed E-state index contributed by atoms with van der Waals surface area (Å²) >= 11 is 0. The number of esters is 1. The highest BCUT2D eigenvalue weighted by Gasteiger charge is 2.27. The molecule has 0 saturated heterocycles. The van der Waals surface area contributed by atoms with Crippen molar-refractivity contribution in [1.82, 2.24) is 10.6 Å². The summed E-state index contributed by atoms with van der Waals surface area (Å²) in [6.07, 6.45) is -1.36. The van der Waals surface area contributed by atoms with Gasteiger partial charge in [-0.15, -0.1) is 0 Å². The first-order valence-corrected chi connectivity index (χ1v) is 7.45. The molecule has 26 heavy (non-hydrogen) atoms. The third kappa shape index (κ3) is 4.63. The SMILES string of the molecule is CNC(=O)NC(=O)[C@H](OC(=O)c1ccc([N+](=O)[O-])cc1)c1ccccc1. The van der Waals surface area contributed by atoms with E-state index in [1.165, 1.54) is 19.2 Å². The van der Waals surface area contributed by atoms with E-state index in [1.807, 2.05) is 0 Å². The van der Waals surface area contributed by atoms with Gasteiger partial charge >= 0.3 is 12.0 Å². The Hall–Kier alpha value is -3.75. The van der Waals surface area contributed by atoms with Crippen molar-refractivity contribution in [3.8, 4) is 0 Å². The van der Waals surface area contributed by atoms with Gasteiger partial charge in [-0.2, -0.15) is 0 Å². The van der Waals surface area contributed by atoms with Crippen molar-refractivity contribution >= 4 is 23.6 Å². The van der Waals surface area contributed by atoms with Gasteiger partial charge in [-0.1, -0.05) is 30.3 Å². The number of hydrogen-bond acceptors (Lipinski definition) is 6. The molecule has 9 nitrogen and oxygen atoms in total. The third-order valence-electron chi connectivity index (χ3n) is 3.34. The summed E-state index contributed by atoms with van der Waals surface area (Å²) in [6, 6.07) is 12.1. The average molecular weight is 357 g/mol. The minimum absolute atomic E-state index is 0.0317. The Bertz CT molecular complexity index is 820. The standard InChI is InChI=1S/C17H15N3O6/c1-18-17(23)19-15(21)14(11-5-3-2-4-6-11)26-16(22)12-7-9-13(10-8-12)20(24)25/h2-10,14H,1H3,(H2,18,19,21,23)/t14-/m1/s1. The lowest BCUT2D eigenvalue weighted by atomic mass is 10.1. The predicted molar refractivity (Wildman–Crippen MR) is 90.3 cm³/mol. The van der Waals surface area contributed by atoms with Gasteiger partial charge in [0, 0.05) is 24.7 Å². The van der Waals surface area contributed by atoms with E-state index in [0.717, 1.165) is 12.1 Å². The molecular weight excluding hydrogens is 342 g/mol. The van der Waals surface area contributed by atoms with Crippen LogP contribution in [-0.4, -0.2) is 29.9 Å². The number of ether oxygens (including phenoxy) is 1. The van der Waals surface area contributed by atoms with E-state index in [-0.39, 0.29) is 11.3 Å². The first kappa shape index (κ1) is 18.6. The lowest BCUT2D eigenvalue weighted by Gasteiger charge is -2.17. The summed E-state index contributed by atoms with van der Waals surface area (Å²) in [5, 5.41) is 14.9. The van der Waals surface area contributed by atoms with Crippen molar-refractivity contribution in [3.05, 3.63) is 75.8 Å². The van der Waals surface area contributed by atoms with Crippen LogP contribution in [0.15, 0.2) is 54.6 Å². The number of nitro benzene ring substituents is 1. The highest BCUT2D eigenvalue weighted by molar-refractivity contribution is 5.99. The van der Waals surface area contributed by atoms with Crippen LogP contribution in [-0.2, 0) is 9.53 Å². The number of carbonyl (C=O) groups excluding carboxylic acids is 3. The fraction of sp³-hybridized carbons (Fsp3) is 0.118. The van der Waals surface area contributed by atoms with E-state index in [0.29, 0.717) is 5.56 Å². The monoisotopic (exact) mass is 357 g/mol. The maximum atomic E-state index is 12.3. The normalized spacial score (nSPS) is 11.1. The van der Waals surface area contributed by atoms with E-state index >= 15 is 0 Å². The van der Waals surface area contributed by atoms with Crippen molar-refractivity contribution in [1.29, 1.82) is 0 Å². The van der Waals surface area contributed by atoms with Crippen LogP contribution in [0.2, 0.25) is 0 Å². The zero-order valence-electron chi connectivity index (χ0n) is 13.7. The Balaban J connectivity index is 2.22. The number of benzene rings is 2. The van der Waals surface area contributed by atoms with Gasteiger partial charge in [0.15, 0.2) is 0 Å². The molecule has 0 heterocycles. The number of nitrogens with zero attached hydrogens (tertiary/aromatic N) is 1. The van der Waals surface area contributed by atoms with Crippen molar-refractivity contribution in [3.63, 3.8) is 0 Å². The van der Waals surface area contributed by atoms with Gasteiger partial charge < -0.3 is 10.1 Å². The second-order valence-corrected chi connectivity index (χ2v) is 5.07. The molecule has 0 aliphatic rings. The Labute approximate surface area is 148 Å². The number of hydrogen-bond donors (Lipinski definition) is 2. The number of carbonyl (C=O) groups is 3. The summed E-state index contributed by atoms with van der Waals surface area (Å²) < 4.78 is 5.23. The summed E-state index contributed by atoms with van der Waals surface area (Å²) in [4.78, 5) is 46.0. The molecule has 2 N–H and O–H groups in total. The van der Waals surface area contributed by atoms with Crippen LogP contribution in [0.3, 0.4) is 0 Å². The second-order valence-electron chi connectivity index (χ2n) is 5.07. The molecular formula is C17H15N3O6. The lowest BCUT2D eigenvalue weighted by Crippen LogP contribution is -2.41. The Morgan fingerprint density at radius 1 is 1.04 bits per heavy atom.